The summed E-state index contributed by atoms with van der Waals surface area (Å²) in [6.07, 6.45) is 0. The molecule has 0 saturated heterocycles. The summed E-state index contributed by atoms with van der Waals surface area (Å²) < 4.78 is 0. The average molecular weight is 331 g/mol. The Labute approximate surface area is 141 Å². The molecule has 0 atom stereocenters. The fourth-order valence-corrected chi connectivity index (χ4v) is 2.95. The minimum absolute atomic E-state index is 0. The highest BCUT2D eigenvalue weighted by atomic mass is 35.5. The van der Waals surface area contributed by atoms with E-state index in [1.165, 1.54) is 22.3 Å². The van der Waals surface area contributed by atoms with Crippen LogP contribution in [0, 0.1) is 20.8 Å². The fourth-order valence-electron chi connectivity index (χ4n) is 2.21. The molecular weight excluding hydrogens is 312 g/mol. The Hall–Kier alpha value is -1.84. The van der Waals surface area contributed by atoms with Gasteiger partial charge < -0.3 is 5.32 Å². The number of aromatic nitrogens is 1. The van der Waals surface area contributed by atoms with Crippen LogP contribution in [-0.2, 0) is 0 Å². The molecule has 1 aromatic heterocycles. The topological polar surface area (TPSA) is 24.9 Å². The molecule has 1 heterocycles. The Balaban J connectivity index is 0.00000176. The van der Waals surface area contributed by atoms with Crippen LogP contribution >= 0.6 is 23.7 Å². The summed E-state index contributed by atoms with van der Waals surface area (Å²) in [7, 11) is 0. The Morgan fingerprint density at radius 3 is 2.50 bits per heavy atom. The molecule has 0 radical (unpaired) electrons. The van der Waals surface area contributed by atoms with Crippen LogP contribution in [0.1, 0.15) is 16.7 Å². The lowest BCUT2D eigenvalue weighted by molar-refractivity contribution is 1.32. The molecule has 114 valence electrons. The van der Waals surface area contributed by atoms with Crippen molar-refractivity contribution in [2.24, 2.45) is 0 Å². The van der Waals surface area contributed by atoms with Gasteiger partial charge in [0, 0.05) is 16.6 Å². The summed E-state index contributed by atoms with van der Waals surface area (Å²) in [5, 5.41) is 6.39. The normalized spacial score (nSPS) is 10.1. The van der Waals surface area contributed by atoms with Gasteiger partial charge in [0.05, 0.1) is 5.69 Å². The predicted molar refractivity (Wildman–Crippen MR) is 98.7 cm³/mol. The van der Waals surface area contributed by atoms with Crippen molar-refractivity contribution in [1.82, 2.24) is 4.98 Å². The van der Waals surface area contributed by atoms with Gasteiger partial charge in [-0.15, -0.1) is 23.7 Å². The van der Waals surface area contributed by atoms with Crippen molar-refractivity contribution < 1.29 is 0 Å². The molecule has 0 aliphatic rings. The van der Waals surface area contributed by atoms with Crippen LogP contribution in [0.3, 0.4) is 0 Å². The number of nitrogens with one attached hydrogen (secondary N) is 1. The largest absolute Gasteiger partial charge is 0.332 e. The molecule has 22 heavy (non-hydrogen) atoms. The monoisotopic (exact) mass is 330 g/mol. The Morgan fingerprint density at radius 1 is 0.955 bits per heavy atom. The second-order valence-electron chi connectivity index (χ2n) is 5.33. The number of thiazole rings is 1. The summed E-state index contributed by atoms with van der Waals surface area (Å²) in [6, 6.07) is 14.8. The summed E-state index contributed by atoms with van der Waals surface area (Å²) in [4.78, 5) is 4.68. The van der Waals surface area contributed by atoms with E-state index >= 15 is 0 Å². The van der Waals surface area contributed by atoms with Gasteiger partial charge in [0.2, 0.25) is 0 Å². The van der Waals surface area contributed by atoms with Gasteiger partial charge in [-0.1, -0.05) is 24.3 Å². The van der Waals surface area contributed by atoms with E-state index in [-0.39, 0.29) is 12.4 Å². The van der Waals surface area contributed by atoms with Gasteiger partial charge in [-0.3, -0.25) is 0 Å². The second-order valence-corrected chi connectivity index (χ2v) is 6.19. The third kappa shape index (κ3) is 3.67. The predicted octanol–water partition coefficient (Wildman–Crippen LogP) is 5.90. The number of anilines is 2. The lowest BCUT2D eigenvalue weighted by Crippen LogP contribution is -1.90. The molecule has 1 N–H and O–H groups in total. The molecule has 2 nitrogen and oxygen atoms in total. The highest BCUT2D eigenvalue weighted by Crippen LogP contribution is 2.28. The van der Waals surface area contributed by atoms with Crippen molar-refractivity contribution in [1.29, 1.82) is 0 Å². The van der Waals surface area contributed by atoms with Gasteiger partial charge in [-0.05, 0) is 55.7 Å². The summed E-state index contributed by atoms with van der Waals surface area (Å²) in [6.45, 7) is 6.36. The smallest absolute Gasteiger partial charge is 0.187 e. The number of hydrogen-bond acceptors (Lipinski definition) is 3. The maximum absolute atomic E-state index is 4.68. The number of hydrogen-bond donors (Lipinski definition) is 1. The average Bonchev–Trinajstić information content (AvgIpc) is 2.90. The zero-order valence-electron chi connectivity index (χ0n) is 12.9. The van der Waals surface area contributed by atoms with Crippen LogP contribution in [-0.4, -0.2) is 4.98 Å². The Bertz CT molecular complexity index is 780. The molecule has 0 spiro atoms. The van der Waals surface area contributed by atoms with E-state index < -0.39 is 0 Å². The number of aryl methyl sites for hydroxylation is 3. The first-order chi connectivity index (χ1) is 10.1. The van der Waals surface area contributed by atoms with E-state index in [0.29, 0.717) is 0 Å². The lowest BCUT2D eigenvalue weighted by atomic mass is 10.1. The SMILES string of the molecule is Cc1cccc(Nc2nc(-c3ccc(C)c(C)c3)cs2)c1.Cl. The van der Waals surface area contributed by atoms with E-state index in [1.807, 2.05) is 0 Å². The van der Waals surface area contributed by atoms with Crippen molar-refractivity contribution in [2.45, 2.75) is 20.8 Å². The summed E-state index contributed by atoms with van der Waals surface area (Å²) in [5.74, 6) is 0. The van der Waals surface area contributed by atoms with Gasteiger partial charge >= 0.3 is 0 Å². The second kappa shape index (κ2) is 6.95. The van der Waals surface area contributed by atoms with E-state index in [0.717, 1.165) is 16.5 Å². The molecule has 0 fully saturated rings. The van der Waals surface area contributed by atoms with Crippen molar-refractivity contribution in [3.8, 4) is 11.3 Å². The highest BCUT2D eigenvalue weighted by Gasteiger charge is 2.06. The minimum Gasteiger partial charge on any atom is -0.332 e. The van der Waals surface area contributed by atoms with Gasteiger partial charge in [-0.25, -0.2) is 4.98 Å². The number of halogens is 1. The van der Waals surface area contributed by atoms with Gasteiger partial charge in [-0.2, -0.15) is 0 Å². The van der Waals surface area contributed by atoms with Crippen molar-refractivity contribution in [3.63, 3.8) is 0 Å². The van der Waals surface area contributed by atoms with Crippen LogP contribution in [0.25, 0.3) is 11.3 Å². The quantitative estimate of drug-likeness (QED) is 0.646. The molecule has 0 saturated carbocycles. The fraction of sp³-hybridized carbons (Fsp3) is 0.167. The molecule has 0 bridgehead atoms. The van der Waals surface area contributed by atoms with Gasteiger partial charge in [0.1, 0.15) is 0 Å². The first-order valence-corrected chi connectivity index (χ1v) is 7.86. The summed E-state index contributed by atoms with van der Waals surface area (Å²) >= 11 is 1.63. The first kappa shape index (κ1) is 16.5. The van der Waals surface area contributed by atoms with Crippen molar-refractivity contribution in [3.05, 3.63) is 64.5 Å². The number of benzene rings is 2. The van der Waals surface area contributed by atoms with Crippen molar-refractivity contribution in [2.75, 3.05) is 5.32 Å². The summed E-state index contributed by atoms with van der Waals surface area (Å²) in [5.41, 5.74) is 7.13. The highest BCUT2D eigenvalue weighted by molar-refractivity contribution is 7.14. The number of nitrogens with zero attached hydrogens (tertiary/aromatic N) is 1. The van der Waals surface area contributed by atoms with Crippen LogP contribution in [0.2, 0.25) is 0 Å². The molecule has 0 amide bonds. The zero-order valence-corrected chi connectivity index (χ0v) is 14.5. The van der Waals surface area contributed by atoms with E-state index in [2.05, 4.69) is 78.9 Å². The van der Waals surface area contributed by atoms with Crippen LogP contribution in [0.15, 0.2) is 47.8 Å². The maximum atomic E-state index is 4.68. The third-order valence-electron chi connectivity index (χ3n) is 3.58. The van der Waals surface area contributed by atoms with Crippen molar-refractivity contribution >= 4 is 34.6 Å². The molecule has 3 rings (SSSR count). The Kier molecular flexibility index (Phi) is 5.22. The van der Waals surface area contributed by atoms with E-state index in [1.54, 1.807) is 11.3 Å². The Morgan fingerprint density at radius 2 is 1.77 bits per heavy atom. The molecule has 4 heteroatoms. The van der Waals surface area contributed by atoms with E-state index in [9.17, 15) is 0 Å². The number of rotatable bonds is 3. The molecule has 0 aliphatic carbocycles. The van der Waals surface area contributed by atoms with Gasteiger partial charge in [0.15, 0.2) is 5.13 Å². The molecule has 0 unspecified atom stereocenters. The van der Waals surface area contributed by atoms with Crippen LogP contribution in [0.4, 0.5) is 10.8 Å². The molecule has 3 aromatic rings. The van der Waals surface area contributed by atoms with Crippen LogP contribution < -0.4 is 5.32 Å². The molecular formula is C18H19ClN2S. The first-order valence-electron chi connectivity index (χ1n) is 6.99. The zero-order chi connectivity index (χ0) is 14.8. The van der Waals surface area contributed by atoms with Crippen LogP contribution in [0.5, 0.6) is 0 Å². The molecule has 2 aromatic carbocycles. The minimum atomic E-state index is 0. The van der Waals surface area contributed by atoms with E-state index in [4.69, 9.17) is 0 Å². The van der Waals surface area contributed by atoms with Gasteiger partial charge in [0.25, 0.3) is 0 Å². The lowest BCUT2D eigenvalue weighted by Gasteiger charge is -2.04. The third-order valence-corrected chi connectivity index (χ3v) is 4.33. The standard InChI is InChI=1S/C18H18N2S.ClH/c1-12-5-4-6-16(9-12)19-18-20-17(11-21-18)15-8-7-13(2)14(3)10-15;/h4-11H,1-3H3,(H,19,20);1H. The maximum Gasteiger partial charge on any atom is 0.187 e. The molecule has 0 aliphatic heterocycles.